The third-order valence-electron chi connectivity index (χ3n) is 3.55. The van der Waals surface area contributed by atoms with Crippen LogP contribution in [-0.2, 0) is 11.3 Å². The molecule has 0 saturated carbocycles. The molecular formula is C15H14F4N4O5. The van der Waals surface area contributed by atoms with Crippen LogP contribution in [0.15, 0.2) is 18.2 Å². The number of benzene rings is 1. The number of nitro groups is 1. The summed E-state index contributed by atoms with van der Waals surface area (Å²) in [6, 6.07) is 3.60. The fourth-order valence-electron chi connectivity index (χ4n) is 2.36. The van der Waals surface area contributed by atoms with Crippen LogP contribution in [0.25, 0.3) is 0 Å². The van der Waals surface area contributed by atoms with E-state index in [0.29, 0.717) is 0 Å². The smallest absolute Gasteiger partial charge is 0.387 e. The fourth-order valence-corrected chi connectivity index (χ4v) is 2.36. The molecule has 1 aromatic heterocycles. The molecule has 152 valence electrons. The van der Waals surface area contributed by atoms with Crippen LogP contribution in [0, 0.1) is 17.0 Å². The van der Waals surface area contributed by atoms with Crippen molar-refractivity contribution in [2.45, 2.75) is 26.5 Å². The Kier molecular flexibility index (Phi) is 6.38. The Balaban J connectivity index is 2.19. The Bertz CT molecular complexity index is 888. The average Bonchev–Trinajstić information content (AvgIpc) is 2.92. The fraction of sp³-hybridized carbons (Fsp3) is 0.333. The molecule has 0 spiro atoms. The maximum Gasteiger partial charge on any atom is 0.387 e. The summed E-state index contributed by atoms with van der Waals surface area (Å²) in [5, 5.41) is 16.8. The predicted octanol–water partition coefficient (Wildman–Crippen LogP) is 3.29. The molecule has 0 radical (unpaired) electrons. The number of rotatable bonds is 8. The van der Waals surface area contributed by atoms with Crippen LogP contribution in [0.5, 0.6) is 11.5 Å². The average molecular weight is 406 g/mol. The number of hydrogen-bond donors (Lipinski definition) is 1. The Morgan fingerprint density at radius 3 is 2.50 bits per heavy atom. The third-order valence-corrected chi connectivity index (χ3v) is 3.55. The molecule has 2 aromatic rings. The van der Waals surface area contributed by atoms with Gasteiger partial charge in [-0.1, -0.05) is 0 Å². The van der Waals surface area contributed by atoms with E-state index < -0.39 is 41.8 Å². The lowest BCUT2D eigenvalue weighted by molar-refractivity contribution is -0.386. The SMILES string of the molecule is COc1cc(NC(=O)Cn2nc(C(F)F)c([N+](=O)[O-])c2C)ccc1OC(F)F. The number of nitrogens with zero attached hydrogens (tertiary/aromatic N) is 3. The quantitative estimate of drug-likeness (QED) is 0.409. The highest BCUT2D eigenvalue weighted by Gasteiger charge is 2.31. The number of anilines is 1. The molecule has 1 heterocycles. The molecule has 0 bridgehead atoms. The van der Waals surface area contributed by atoms with Gasteiger partial charge in [-0.2, -0.15) is 13.9 Å². The lowest BCUT2D eigenvalue weighted by Crippen LogP contribution is -2.20. The zero-order valence-electron chi connectivity index (χ0n) is 14.5. The molecule has 0 fully saturated rings. The van der Waals surface area contributed by atoms with Gasteiger partial charge in [0.05, 0.1) is 12.0 Å². The lowest BCUT2D eigenvalue weighted by Gasteiger charge is -2.12. The monoisotopic (exact) mass is 406 g/mol. The summed E-state index contributed by atoms with van der Waals surface area (Å²) in [6.07, 6.45) is -3.19. The van der Waals surface area contributed by atoms with Gasteiger partial charge in [-0.05, 0) is 19.1 Å². The van der Waals surface area contributed by atoms with E-state index in [2.05, 4.69) is 15.2 Å². The first-order valence-corrected chi connectivity index (χ1v) is 7.56. The zero-order valence-corrected chi connectivity index (χ0v) is 14.5. The Morgan fingerprint density at radius 1 is 1.32 bits per heavy atom. The van der Waals surface area contributed by atoms with Crippen molar-refractivity contribution in [1.29, 1.82) is 0 Å². The zero-order chi connectivity index (χ0) is 21.0. The van der Waals surface area contributed by atoms with Crippen molar-refractivity contribution >= 4 is 17.3 Å². The van der Waals surface area contributed by atoms with Gasteiger partial charge in [0.1, 0.15) is 12.2 Å². The molecule has 9 nitrogen and oxygen atoms in total. The lowest BCUT2D eigenvalue weighted by atomic mass is 10.2. The topological polar surface area (TPSA) is 109 Å². The standard InChI is InChI=1S/C15H14F4N4O5/c1-7-13(23(25)26)12(14(16)17)21-22(7)6-11(24)20-8-3-4-9(28-15(18)19)10(5-8)27-2/h3-5,14-15H,6H2,1-2H3,(H,20,24). The van der Waals surface area contributed by atoms with Gasteiger partial charge >= 0.3 is 12.3 Å². The Hall–Kier alpha value is -3.38. The van der Waals surface area contributed by atoms with Gasteiger partial charge in [0.2, 0.25) is 11.6 Å². The van der Waals surface area contributed by atoms with Crippen LogP contribution in [0.4, 0.5) is 28.9 Å². The highest BCUT2D eigenvalue weighted by Crippen LogP contribution is 2.32. The van der Waals surface area contributed by atoms with Crippen LogP contribution in [0.1, 0.15) is 17.8 Å². The van der Waals surface area contributed by atoms with Crippen molar-refractivity contribution in [2.24, 2.45) is 0 Å². The van der Waals surface area contributed by atoms with Crippen LogP contribution < -0.4 is 14.8 Å². The van der Waals surface area contributed by atoms with Gasteiger partial charge in [0.25, 0.3) is 6.43 Å². The maximum absolute atomic E-state index is 12.9. The number of halogens is 4. The van der Waals surface area contributed by atoms with Crippen molar-refractivity contribution in [2.75, 3.05) is 12.4 Å². The summed E-state index contributed by atoms with van der Waals surface area (Å²) in [6.45, 7) is -2.47. The van der Waals surface area contributed by atoms with Crippen molar-refractivity contribution < 1.29 is 36.8 Å². The molecular weight excluding hydrogens is 392 g/mol. The number of ether oxygens (including phenoxy) is 2. The van der Waals surface area contributed by atoms with E-state index >= 15 is 0 Å². The Labute approximate surface area is 155 Å². The van der Waals surface area contributed by atoms with Gasteiger partial charge < -0.3 is 14.8 Å². The molecule has 2 rings (SSSR count). The predicted molar refractivity (Wildman–Crippen MR) is 86.8 cm³/mol. The number of alkyl halides is 4. The summed E-state index contributed by atoms with van der Waals surface area (Å²) in [7, 11) is 1.21. The van der Waals surface area contributed by atoms with Crippen molar-refractivity contribution in [3.63, 3.8) is 0 Å². The molecule has 0 aliphatic rings. The molecule has 13 heteroatoms. The largest absolute Gasteiger partial charge is 0.493 e. The number of amides is 1. The van der Waals surface area contributed by atoms with Gasteiger partial charge in [-0.25, -0.2) is 8.78 Å². The molecule has 1 N–H and O–H groups in total. The number of methoxy groups -OCH3 is 1. The molecule has 0 saturated heterocycles. The summed E-state index contributed by atoms with van der Waals surface area (Å²) >= 11 is 0. The van der Waals surface area contributed by atoms with Crippen LogP contribution in [-0.4, -0.2) is 34.3 Å². The summed E-state index contributed by atoms with van der Waals surface area (Å²) < 4.78 is 60.4. The van der Waals surface area contributed by atoms with E-state index in [1.807, 2.05) is 0 Å². The first kappa shape index (κ1) is 20.9. The van der Waals surface area contributed by atoms with Gasteiger partial charge in [-0.3, -0.25) is 19.6 Å². The normalized spacial score (nSPS) is 11.0. The van der Waals surface area contributed by atoms with Gasteiger partial charge in [-0.15, -0.1) is 0 Å². The third kappa shape index (κ3) is 4.66. The number of aromatic nitrogens is 2. The highest BCUT2D eigenvalue weighted by molar-refractivity contribution is 5.91. The van der Waals surface area contributed by atoms with Gasteiger partial charge in [0.15, 0.2) is 11.5 Å². The van der Waals surface area contributed by atoms with Crippen LogP contribution >= 0.6 is 0 Å². The number of carbonyl (C=O) groups is 1. The first-order chi connectivity index (χ1) is 13.1. The minimum atomic E-state index is -3.19. The van der Waals surface area contributed by atoms with E-state index in [1.54, 1.807) is 0 Å². The minimum absolute atomic E-state index is 0.0796. The van der Waals surface area contributed by atoms with E-state index in [-0.39, 0.29) is 22.9 Å². The van der Waals surface area contributed by atoms with E-state index in [4.69, 9.17) is 4.74 Å². The minimum Gasteiger partial charge on any atom is -0.493 e. The van der Waals surface area contributed by atoms with Crippen molar-refractivity contribution in [1.82, 2.24) is 9.78 Å². The number of nitrogens with one attached hydrogen (secondary N) is 1. The van der Waals surface area contributed by atoms with Crippen molar-refractivity contribution in [3.8, 4) is 11.5 Å². The maximum atomic E-state index is 12.9. The number of hydrogen-bond acceptors (Lipinski definition) is 6. The summed E-state index contributed by atoms with van der Waals surface area (Å²) in [5.74, 6) is -1.08. The highest BCUT2D eigenvalue weighted by atomic mass is 19.3. The Morgan fingerprint density at radius 2 is 2.00 bits per heavy atom. The molecule has 0 aliphatic carbocycles. The molecule has 0 unspecified atom stereocenters. The van der Waals surface area contributed by atoms with E-state index in [1.165, 1.54) is 26.2 Å². The molecule has 1 amide bonds. The molecule has 1 aromatic carbocycles. The second kappa shape index (κ2) is 8.54. The van der Waals surface area contributed by atoms with Crippen LogP contribution in [0.3, 0.4) is 0 Å². The second-order valence-electron chi connectivity index (χ2n) is 5.33. The first-order valence-electron chi connectivity index (χ1n) is 7.56. The number of carbonyl (C=O) groups excluding carboxylic acids is 1. The summed E-state index contributed by atoms with van der Waals surface area (Å²) in [4.78, 5) is 22.1. The molecule has 28 heavy (non-hydrogen) atoms. The van der Waals surface area contributed by atoms with E-state index in [0.717, 1.165) is 10.7 Å². The molecule has 0 atom stereocenters. The van der Waals surface area contributed by atoms with Crippen LogP contribution in [0.2, 0.25) is 0 Å². The van der Waals surface area contributed by atoms with E-state index in [9.17, 15) is 32.5 Å². The van der Waals surface area contributed by atoms with Crippen molar-refractivity contribution in [3.05, 3.63) is 39.7 Å². The second-order valence-corrected chi connectivity index (χ2v) is 5.33. The van der Waals surface area contributed by atoms with Gasteiger partial charge in [0, 0.05) is 11.8 Å². The molecule has 0 aliphatic heterocycles. The summed E-state index contributed by atoms with van der Waals surface area (Å²) in [5.41, 5.74) is -1.98.